The topological polar surface area (TPSA) is 71.1 Å². The van der Waals surface area contributed by atoms with Crippen LogP contribution in [0.1, 0.15) is 12.8 Å². The number of carbonyl (C=O) groups excluding carboxylic acids is 2. The number of amides is 3. The molecule has 2 fully saturated rings. The second-order valence-corrected chi connectivity index (χ2v) is 6.29. The highest BCUT2D eigenvalue weighted by atomic mass is 16.5. The second-order valence-electron chi connectivity index (χ2n) is 6.29. The van der Waals surface area contributed by atoms with Gasteiger partial charge < -0.3 is 24.6 Å². The second kappa shape index (κ2) is 8.71. The molecule has 0 radical (unpaired) electrons. The summed E-state index contributed by atoms with van der Waals surface area (Å²) >= 11 is 0. The van der Waals surface area contributed by atoms with Gasteiger partial charge in [-0.3, -0.25) is 4.79 Å². The molecule has 25 heavy (non-hydrogen) atoms. The molecule has 0 aromatic heterocycles. The fraction of sp³-hybridized carbons (Fsp3) is 0.556. The lowest BCUT2D eigenvalue weighted by molar-refractivity contribution is -0.133. The lowest BCUT2D eigenvalue weighted by Gasteiger charge is -2.27. The first kappa shape index (κ1) is 17.5. The summed E-state index contributed by atoms with van der Waals surface area (Å²) < 4.78 is 11.4. The highest BCUT2D eigenvalue weighted by Gasteiger charge is 2.27. The molecular formula is C18H25N3O4. The average Bonchev–Trinajstić information content (AvgIpc) is 3.27. The number of nitrogens with zero attached hydrogens (tertiary/aromatic N) is 2. The van der Waals surface area contributed by atoms with Crippen molar-refractivity contribution in [2.75, 3.05) is 45.9 Å². The van der Waals surface area contributed by atoms with Gasteiger partial charge >= 0.3 is 6.03 Å². The Morgan fingerprint density at radius 3 is 2.88 bits per heavy atom. The molecule has 1 atom stereocenters. The third-order valence-electron chi connectivity index (χ3n) is 4.45. The summed E-state index contributed by atoms with van der Waals surface area (Å²) in [4.78, 5) is 27.6. The first-order valence-electron chi connectivity index (χ1n) is 8.82. The minimum Gasteiger partial charge on any atom is -0.492 e. The highest BCUT2D eigenvalue weighted by Crippen LogP contribution is 2.14. The first-order chi connectivity index (χ1) is 12.2. The molecule has 0 bridgehead atoms. The molecule has 0 aliphatic carbocycles. The molecule has 7 heteroatoms. The van der Waals surface area contributed by atoms with E-state index >= 15 is 0 Å². The van der Waals surface area contributed by atoms with Crippen molar-refractivity contribution in [1.29, 1.82) is 0 Å². The summed E-state index contributed by atoms with van der Waals surface area (Å²) in [5.74, 6) is 0.718. The van der Waals surface area contributed by atoms with Crippen molar-refractivity contribution in [2.45, 2.75) is 18.9 Å². The maximum absolute atomic E-state index is 12.7. The summed E-state index contributed by atoms with van der Waals surface area (Å²) in [7, 11) is 0. The number of nitrogens with one attached hydrogen (secondary N) is 1. The monoisotopic (exact) mass is 347 g/mol. The van der Waals surface area contributed by atoms with Crippen molar-refractivity contribution >= 4 is 11.9 Å². The molecular weight excluding hydrogens is 322 g/mol. The molecule has 2 aliphatic heterocycles. The van der Waals surface area contributed by atoms with Crippen LogP contribution in [0, 0.1) is 0 Å². The number of hydrogen-bond donors (Lipinski definition) is 1. The van der Waals surface area contributed by atoms with E-state index in [9.17, 15) is 9.59 Å². The van der Waals surface area contributed by atoms with Gasteiger partial charge in [-0.2, -0.15) is 0 Å². The largest absolute Gasteiger partial charge is 0.492 e. The van der Waals surface area contributed by atoms with Gasteiger partial charge in [-0.15, -0.1) is 0 Å². The van der Waals surface area contributed by atoms with Crippen LogP contribution in [0.5, 0.6) is 5.75 Å². The van der Waals surface area contributed by atoms with E-state index in [-0.39, 0.29) is 24.6 Å². The number of rotatable bonds is 8. The number of para-hydroxylation sites is 1. The summed E-state index contributed by atoms with van der Waals surface area (Å²) in [5, 5.41) is 2.72. The van der Waals surface area contributed by atoms with Crippen LogP contribution in [-0.2, 0) is 9.53 Å². The summed E-state index contributed by atoms with van der Waals surface area (Å²) in [6.45, 7) is 3.45. The summed E-state index contributed by atoms with van der Waals surface area (Å²) in [6.07, 6.45) is 2.07. The van der Waals surface area contributed by atoms with Crippen molar-refractivity contribution in [2.24, 2.45) is 0 Å². The van der Waals surface area contributed by atoms with Crippen LogP contribution in [0.25, 0.3) is 0 Å². The van der Waals surface area contributed by atoms with E-state index in [4.69, 9.17) is 9.47 Å². The Bertz CT molecular complexity index is 575. The van der Waals surface area contributed by atoms with E-state index < -0.39 is 0 Å². The molecule has 1 aromatic carbocycles. The van der Waals surface area contributed by atoms with Crippen molar-refractivity contribution in [3.05, 3.63) is 30.3 Å². The number of ether oxygens (including phenoxy) is 2. The van der Waals surface area contributed by atoms with E-state index in [1.54, 1.807) is 9.80 Å². The lowest BCUT2D eigenvalue weighted by Crippen LogP contribution is -2.45. The van der Waals surface area contributed by atoms with E-state index in [1.165, 1.54) is 0 Å². The van der Waals surface area contributed by atoms with Gasteiger partial charge in [0.15, 0.2) is 0 Å². The summed E-state index contributed by atoms with van der Waals surface area (Å²) in [6, 6.07) is 9.36. The van der Waals surface area contributed by atoms with Gasteiger partial charge in [0.1, 0.15) is 18.9 Å². The quantitative estimate of drug-likeness (QED) is 0.764. The molecule has 1 N–H and O–H groups in total. The Morgan fingerprint density at radius 2 is 2.20 bits per heavy atom. The smallest absolute Gasteiger partial charge is 0.317 e. The standard InChI is InChI=1S/C18H25N3O4/c22-17(14-21-9-8-19-18(21)23)20(13-16-7-4-11-24-16)10-12-25-15-5-2-1-3-6-15/h1-3,5-6,16H,4,7-14H2,(H,19,23)/t16-/m1/s1. The van der Waals surface area contributed by atoms with Crippen LogP contribution in [0.3, 0.4) is 0 Å². The first-order valence-corrected chi connectivity index (χ1v) is 8.82. The molecule has 1 aromatic rings. The molecule has 2 saturated heterocycles. The zero-order chi connectivity index (χ0) is 17.5. The van der Waals surface area contributed by atoms with Crippen LogP contribution >= 0.6 is 0 Å². The molecule has 2 heterocycles. The Labute approximate surface area is 147 Å². The van der Waals surface area contributed by atoms with Crippen molar-refractivity contribution < 1.29 is 19.1 Å². The number of benzene rings is 1. The Balaban J connectivity index is 1.53. The van der Waals surface area contributed by atoms with Gasteiger partial charge in [0.2, 0.25) is 5.91 Å². The SMILES string of the molecule is O=C(CN1CCNC1=O)N(CCOc1ccccc1)C[C@H]1CCCO1. The van der Waals surface area contributed by atoms with Crippen LogP contribution in [0.4, 0.5) is 4.79 Å². The predicted octanol–water partition coefficient (Wildman–Crippen LogP) is 1.10. The van der Waals surface area contributed by atoms with Crippen molar-refractivity contribution in [3.8, 4) is 5.75 Å². The van der Waals surface area contributed by atoms with Crippen LogP contribution in [0.2, 0.25) is 0 Å². The molecule has 7 nitrogen and oxygen atoms in total. The van der Waals surface area contributed by atoms with Crippen LogP contribution in [0.15, 0.2) is 30.3 Å². The number of urea groups is 1. The van der Waals surface area contributed by atoms with Gasteiger partial charge in [0, 0.05) is 26.2 Å². The van der Waals surface area contributed by atoms with Crippen molar-refractivity contribution in [3.63, 3.8) is 0 Å². The molecule has 3 amide bonds. The van der Waals surface area contributed by atoms with E-state index in [0.717, 1.165) is 25.2 Å². The Morgan fingerprint density at radius 1 is 1.36 bits per heavy atom. The minimum atomic E-state index is -0.175. The van der Waals surface area contributed by atoms with Gasteiger partial charge in [-0.05, 0) is 25.0 Å². The van der Waals surface area contributed by atoms with Crippen molar-refractivity contribution in [1.82, 2.24) is 15.1 Å². The molecule has 0 spiro atoms. The van der Waals surface area contributed by atoms with Gasteiger partial charge in [0.05, 0.1) is 12.6 Å². The van der Waals surface area contributed by atoms with E-state index in [0.29, 0.717) is 32.8 Å². The van der Waals surface area contributed by atoms with E-state index in [2.05, 4.69) is 5.32 Å². The third kappa shape index (κ3) is 5.09. The normalized spacial score (nSPS) is 19.8. The average molecular weight is 347 g/mol. The minimum absolute atomic E-state index is 0.0655. The van der Waals surface area contributed by atoms with Gasteiger partial charge in [0.25, 0.3) is 0 Å². The fourth-order valence-electron chi connectivity index (χ4n) is 3.07. The third-order valence-corrected chi connectivity index (χ3v) is 4.45. The molecule has 0 saturated carbocycles. The highest BCUT2D eigenvalue weighted by molar-refractivity contribution is 5.85. The zero-order valence-corrected chi connectivity index (χ0v) is 14.4. The number of carbonyl (C=O) groups is 2. The maximum atomic E-state index is 12.7. The zero-order valence-electron chi connectivity index (χ0n) is 14.4. The van der Waals surface area contributed by atoms with Crippen LogP contribution in [-0.4, -0.2) is 73.8 Å². The van der Waals surface area contributed by atoms with E-state index in [1.807, 2.05) is 30.3 Å². The lowest BCUT2D eigenvalue weighted by atomic mass is 10.2. The number of hydrogen-bond acceptors (Lipinski definition) is 4. The Kier molecular flexibility index (Phi) is 6.11. The fourth-order valence-corrected chi connectivity index (χ4v) is 3.07. The van der Waals surface area contributed by atoms with Gasteiger partial charge in [-0.1, -0.05) is 18.2 Å². The molecule has 0 unspecified atom stereocenters. The van der Waals surface area contributed by atoms with Crippen LogP contribution < -0.4 is 10.1 Å². The predicted molar refractivity (Wildman–Crippen MR) is 92.5 cm³/mol. The summed E-state index contributed by atoms with van der Waals surface area (Å²) in [5.41, 5.74) is 0. The maximum Gasteiger partial charge on any atom is 0.317 e. The Hall–Kier alpha value is -2.28. The molecule has 136 valence electrons. The van der Waals surface area contributed by atoms with Gasteiger partial charge in [-0.25, -0.2) is 4.79 Å². The molecule has 3 rings (SSSR count). The molecule has 2 aliphatic rings.